The quantitative estimate of drug-likeness (QED) is 0.307. The van der Waals surface area contributed by atoms with Crippen LogP contribution in [0.2, 0.25) is 0 Å². The molecule has 0 aliphatic rings. The van der Waals surface area contributed by atoms with Crippen molar-refractivity contribution in [2.45, 2.75) is 38.5 Å². The Balaban J connectivity index is 1.68. The fourth-order valence-electron chi connectivity index (χ4n) is 4.07. The molecule has 0 radical (unpaired) electrons. The number of likely N-dealkylation sites (N-methyl/N-ethyl adjacent to an activating group) is 1. The Morgan fingerprint density at radius 3 is 2.50 bits per heavy atom. The van der Waals surface area contributed by atoms with Gasteiger partial charge in [-0.1, -0.05) is 48.5 Å². The van der Waals surface area contributed by atoms with E-state index in [1.807, 2.05) is 36.4 Å². The van der Waals surface area contributed by atoms with E-state index in [2.05, 4.69) is 21.6 Å². The number of amides is 3. The fraction of sp³-hybridized carbons (Fsp3) is 0.296. The number of fused-ring (bicyclic) bond motifs is 2. The van der Waals surface area contributed by atoms with Gasteiger partial charge >= 0.3 is 6.09 Å². The van der Waals surface area contributed by atoms with E-state index in [-0.39, 0.29) is 19.1 Å². The minimum Gasteiger partial charge on any atom is -0.443 e. The van der Waals surface area contributed by atoms with Gasteiger partial charge in [-0.15, -0.1) is 10.2 Å². The third kappa shape index (κ3) is 6.06. The summed E-state index contributed by atoms with van der Waals surface area (Å²) in [5, 5.41) is 13.9. The molecule has 2 aromatic heterocycles. The predicted octanol–water partition coefficient (Wildman–Crippen LogP) is 2.07. The third-order valence-electron chi connectivity index (χ3n) is 6.04. The van der Waals surface area contributed by atoms with Gasteiger partial charge in [0.1, 0.15) is 13.2 Å². The standard InChI is InChI=1S/C27H31N7O4/c1-27(2,29)25(36)30-21(14-17-11-12-18-7-4-5-8-19(18)13-17)24-32-31-23-10-6-9-20(34(23)24)16-38-26(37)33(3)15-22(28)35/h4-13,21H,14-16,29H2,1-3H3,(H2,28,35)(H,30,36)/t21-/m1/s1. The highest BCUT2D eigenvalue weighted by Gasteiger charge is 2.28. The minimum atomic E-state index is -1.12. The van der Waals surface area contributed by atoms with Gasteiger partial charge < -0.3 is 26.4 Å². The van der Waals surface area contributed by atoms with Crippen LogP contribution in [-0.4, -0.2) is 56.5 Å². The summed E-state index contributed by atoms with van der Waals surface area (Å²) in [6, 6.07) is 18.9. The van der Waals surface area contributed by atoms with E-state index in [0.717, 1.165) is 21.2 Å². The first-order valence-corrected chi connectivity index (χ1v) is 12.1. The van der Waals surface area contributed by atoms with Gasteiger partial charge in [0, 0.05) is 7.05 Å². The van der Waals surface area contributed by atoms with E-state index < -0.39 is 23.6 Å². The second-order valence-electron chi connectivity index (χ2n) is 9.78. The number of hydrogen-bond acceptors (Lipinski definition) is 7. The van der Waals surface area contributed by atoms with Gasteiger partial charge in [0.15, 0.2) is 11.5 Å². The average Bonchev–Trinajstić information content (AvgIpc) is 3.30. The van der Waals surface area contributed by atoms with Gasteiger partial charge in [0.25, 0.3) is 0 Å². The van der Waals surface area contributed by atoms with Gasteiger partial charge in [-0.25, -0.2) is 4.79 Å². The summed E-state index contributed by atoms with van der Waals surface area (Å²) in [4.78, 5) is 37.5. The summed E-state index contributed by atoms with van der Waals surface area (Å²) >= 11 is 0. The predicted molar refractivity (Wildman–Crippen MR) is 142 cm³/mol. The zero-order valence-electron chi connectivity index (χ0n) is 21.5. The van der Waals surface area contributed by atoms with Crippen molar-refractivity contribution in [1.29, 1.82) is 0 Å². The smallest absolute Gasteiger partial charge is 0.410 e. The number of benzene rings is 2. The van der Waals surface area contributed by atoms with E-state index >= 15 is 0 Å². The van der Waals surface area contributed by atoms with Crippen LogP contribution in [-0.2, 0) is 27.4 Å². The highest BCUT2D eigenvalue weighted by molar-refractivity contribution is 5.85. The number of rotatable bonds is 9. The summed E-state index contributed by atoms with van der Waals surface area (Å²) in [6.07, 6.45) is -0.288. The molecule has 2 aromatic carbocycles. The summed E-state index contributed by atoms with van der Waals surface area (Å²) in [7, 11) is 1.42. The second-order valence-corrected chi connectivity index (χ2v) is 9.78. The van der Waals surface area contributed by atoms with E-state index in [0.29, 0.717) is 23.6 Å². The van der Waals surface area contributed by atoms with Crippen LogP contribution >= 0.6 is 0 Å². The first kappa shape index (κ1) is 26.6. The number of hydrogen-bond donors (Lipinski definition) is 3. The van der Waals surface area contributed by atoms with Crippen LogP contribution in [0.5, 0.6) is 0 Å². The maximum absolute atomic E-state index is 13.0. The van der Waals surface area contributed by atoms with E-state index in [1.54, 1.807) is 36.4 Å². The van der Waals surface area contributed by atoms with Crippen LogP contribution in [0.15, 0.2) is 60.7 Å². The molecule has 11 heteroatoms. The molecular weight excluding hydrogens is 486 g/mol. The highest BCUT2D eigenvalue weighted by Crippen LogP contribution is 2.24. The fourth-order valence-corrected chi connectivity index (χ4v) is 4.07. The van der Waals surface area contributed by atoms with Crippen LogP contribution in [0.4, 0.5) is 4.79 Å². The van der Waals surface area contributed by atoms with Gasteiger partial charge in [-0.05, 0) is 48.7 Å². The highest BCUT2D eigenvalue weighted by atomic mass is 16.6. The zero-order valence-corrected chi connectivity index (χ0v) is 21.5. The van der Waals surface area contributed by atoms with Crippen LogP contribution < -0.4 is 16.8 Å². The molecule has 38 heavy (non-hydrogen) atoms. The molecular formula is C27H31N7O4. The van der Waals surface area contributed by atoms with Crippen molar-refractivity contribution in [2.75, 3.05) is 13.6 Å². The Hall–Kier alpha value is -4.51. The second kappa shape index (κ2) is 10.9. The Kier molecular flexibility index (Phi) is 7.58. The third-order valence-corrected chi connectivity index (χ3v) is 6.04. The van der Waals surface area contributed by atoms with Gasteiger partial charge in [-0.3, -0.25) is 14.0 Å². The summed E-state index contributed by atoms with van der Waals surface area (Å²) in [5.41, 5.74) is 12.2. The molecule has 0 saturated carbocycles. The Morgan fingerprint density at radius 1 is 1.05 bits per heavy atom. The molecule has 2 heterocycles. The molecule has 0 aliphatic carbocycles. The number of aromatic nitrogens is 3. The van der Waals surface area contributed by atoms with Crippen molar-refractivity contribution in [3.63, 3.8) is 0 Å². The molecule has 0 aliphatic heterocycles. The molecule has 198 valence electrons. The number of nitrogens with two attached hydrogens (primary N) is 2. The number of nitrogens with one attached hydrogen (secondary N) is 1. The molecule has 3 amide bonds. The molecule has 4 rings (SSSR count). The van der Waals surface area contributed by atoms with Crippen molar-refractivity contribution in [1.82, 2.24) is 24.8 Å². The lowest BCUT2D eigenvalue weighted by molar-refractivity contribution is -0.126. The molecule has 0 bridgehead atoms. The minimum absolute atomic E-state index is 0.122. The lowest BCUT2D eigenvalue weighted by atomic mass is 9.99. The number of pyridine rings is 1. The first-order valence-electron chi connectivity index (χ1n) is 12.1. The monoisotopic (exact) mass is 517 g/mol. The van der Waals surface area contributed by atoms with Crippen molar-refractivity contribution in [3.05, 3.63) is 77.7 Å². The zero-order chi connectivity index (χ0) is 27.4. The number of carbonyl (C=O) groups is 3. The van der Waals surface area contributed by atoms with E-state index in [1.165, 1.54) is 7.05 Å². The summed E-state index contributed by atoms with van der Waals surface area (Å²) in [5.74, 6) is -0.539. The molecule has 0 fully saturated rings. The van der Waals surface area contributed by atoms with Crippen LogP contribution in [0.3, 0.4) is 0 Å². The Labute approximate surface area is 219 Å². The SMILES string of the molecule is CN(CC(N)=O)C(=O)OCc1cccc2nnc([C@@H](Cc3ccc4ccccc4c3)NC(=O)C(C)(C)N)n12. The maximum atomic E-state index is 13.0. The molecule has 0 unspecified atom stereocenters. The molecule has 1 atom stereocenters. The van der Waals surface area contributed by atoms with E-state index in [9.17, 15) is 14.4 Å². The Bertz CT molecular complexity index is 1490. The van der Waals surface area contributed by atoms with Crippen LogP contribution in [0.1, 0.15) is 37.0 Å². The van der Waals surface area contributed by atoms with Crippen molar-refractivity contribution in [3.8, 4) is 0 Å². The summed E-state index contributed by atoms with van der Waals surface area (Å²) in [6.45, 7) is 2.87. The Morgan fingerprint density at radius 2 is 1.79 bits per heavy atom. The molecule has 4 aromatic rings. The largest absolute Gasteiger partial charge is 0.443 e. The van der Waals surface area contributed by atoms with E-state index in [4.69, 9.17) is 16.2 Å². The van der Waals surface area contributed by atoms with Crippen molar-refractivity contribution < 1.29 is 19.1 Å². The number of carbonyl (C=O) groups excluding carboxylic acids is 3. The normalized spacial score (nSPS) is 12.3. The van der Waals surface area contributed by atoms with Crippen LogP contribution in [0.25, 0.3) is 16.4 Å². The maximum Gasteiger partial charge on any atom is 0.410 e. The van der Waals surface area contributed by atoms with Crippen molar-refractivity contribution >= 4 is 34.3 Å². The molecule has 0 spiro atoms. The number of ether oxygens (including phenoxy) is 1. The molecule has 0 saturated heterocycles. The van der Waals surface area contributed by atoms with Gasteiger partial charge in [0.2, 0.25) is 11.8 Å². The molecule has 11 nitrogen and oxygen atoms in total. The van der Waals surface area contributed by atoms with Crippen molar-refractivity contribution in [2.24, 2.45) is 11.5 Å². The topological polar surface area (TPSA) is 158 Å². The average molecular weight is 518 g/mol. The van der Waals surface area contributed by atoms with Gasteiger partial charge in [0.05, 0.1) is 17.3 Å². The number of nitrogens with zero attached hydrogens (tertiary/aromatic N) is 4. The summed E-state index contributed by atoms with van der Waals surface area (Å²) < 4.78 is 7.15. The lowest BCUT2D eigenvalue weighted by Crippen LogP contribution is -2.50. The molecule has 5 N–H and O–H groups in total. The van der Waals surface area contributed by atoms with Gasteiger partial charge in [-0.2, -0.15) is 0 Å². The number of primary amides is 1. The lowest BCUT2D eigenvalue weighted by Gasteiger charge is -2.24. The van der Waals surface area contributed by atoms with Crippen LogP contribution in [0, 0.1) is 0 Å². The first-order chi connectivity index (χ1) is 18.0.